The summed E-state index contributed by atoms with van der Waals surface area (Å²) >= 11 is 0. The van der Waals surface area contributed by atoms with Crippen molar-refractivity contribution in [3.05, 3.63) is 71.0 Å². The van der Waals surface area contributed by atoms with Crippen molar-refractivity contribution in [2.75, 3.05) is 33.0 Å². The Labute approximate surface area is 179 Å². The van der Waals surface area contributed by atoms with Gasteiger partial charge in [0.15, 0.2) is 0 Å². The summed E-state index contributed by atoms with van der Waals surface area (Å²) in [6.07, 6.45) is 0. The first-order valence-electron chi connectivity index (χ1n) is 9.93. The number of carbonyl (C=O) groups is 2. The van der Waals surface area contributed by atoms with Gasteiger partial charge in [-0.25, -0.2) is 4.39 Å². The summed E-state index contributed by atoms with van der Waals surface area (Å²) in [5.41, 5.74) is 0.753. The average Bonchev–Trinajstić information content (AvgIpc) is 3.02. The van der Waals surface area contributed by atoms with Crippen LogP contribution in [0.1, 0.15) is 24.1 Å². The molecule has 3 rings (SSSR count). The number of carbonyl (C=O) groups excluding carboxylic acids is 2. The summed E-state index contributed by atoms with van der Waals surface area (Å²) < 4.78 is 24.0. The second kappa shape index (κ2) is 10.2. The van der Waals surface area contributed by atoms with Crippen molar-refractivity contribution in [1.29, 1.82) is 0 Å². The summed E-state index contributed by atoms with van der Waals surface area (Å²) in [6.45, 7) is 2.49. The van der Waals surface area contributed by atoms with Gasteiger partial charge >= 0.3 is 0 Å². The van der Waals surface area contributed by atoms with Gasteiger partial charge in [-0.2, -0.15) is 0 Å². The number of hydrogen-bond acceptors (Lipinski definition) is 6. The highest BCUT2D eigenvalue weighted by atomic mass is 19.1. The highest BCUT2D eigenvalue weighted by molar-refractivity contribution is 6.46. The van der Waals surface area contributed by atoms with Crippen LogP contribution in [0.4, 0.5) is 4.39 Å². The van der Waals surface area contributed by atoms with Crippen LogP contribution in [0.3, 0.4) is 0 Å². The fourth-order valence-corrected chi connectivity index (χ4v) is 3.46. The molecule has 2 aromatic rings. The molecule has 1 fully saturated rings. The molecule has 164 valence electrons. The van der Waals surface area contributed by atoms with Crippen LogP contribution in [0, 0.1) is 5.82 Å². The Morgan fingerprint density at radius 2 is 1.74 bits per heavy atom. The van der Waals surface area contributed by atoms with Crippen molar-refractivity contribution in [2.24, 2.45) is 0 Å². The molecule has 0 aromatic heterocycles. The van der Waals surface area contributed by atoms with Gasteiger partial charge < -0.3 is 24.6 Å². The molecule has 0 radical (unpaired) electrons. The standard InChI is InChI=1S/C23H24FNO6/c1-2-31-18-9-5-15(6-10-18)20-19(21(27)16-3-7-17(24)8-4-16)22(28)23(29)25(20)11-13-30-14-12-26/h3-10,20,26-27H,2,11-14H2,1H3. The SMILES string of the molecule is CCOc1ccc(C2C(=C(O)c3ccc(F)cc3)C(=O)C(=O)N2CCOCCO)cc1. The van der Waals surface area contributed by atoms with Gasteiger partial charge in [0.05, 0.1) is 38.0 Å². The van der Waals surface area contributed by atoms with E-state index >= 15 is 0 Å². The van der Waals surface area contributed by atoms with E-state index in [9.17, 15) is 19.1 Å². The van der Waals surface area contributed by atoms with Gasteiger partial charge in [0.2, 0.25) is 0 Å². The number of likely N-dealkylation sites (tertiary alicyclic amines) is 1. The summed E-state index contributed by atoms with van der Waals surface area (Å²) in [6, 6.07) is 11.1. The molecular weight excluding hydrogens is 405 g/mol. The molecule has 31 heavy (non-hydrogen) atoms. The predicted molar refractivity (Wildman–Crippen MR) is 111 cm³/mol. The number of aliphatic hydroxyl groups is 2. The molecule has 0 spiro atoms. The largest absolute Gasteiger partial charge is 0.507 e. The fraction of sp³-hybridized carbons (Fsp3) is 0.304. The van der Waals surface area contributed by atoms with Crippen molar-refractivity contribution >= 4 is 17.4 Å². The molecular formula is C23H24FNO6. The monoisotopic (exact) mass is 429 g/mol. The zero-order chi connectivity index (χ0) is 22.4. The van der Waals surface area contributed by atoms with Gasteiger partial charge in [-0.3, -0.25) is 9.59 Å². The van der Waals surface area contributed by atoms with Crippen LogP contribution in [-0.4, -0.2) is 59.8 Å². The lowest BCUT2D eigenvalue weighted by molar-refractivity contribution is -0.140. The summed E-state index contributed by atoms with van der Waals surface area (Å²) in [4.78, 5) is 26.9. The van der Waals surface area contributed by atoms with E-state index < -0.39 is 23.5 Å². The maximum absolute atomic E-state index is 13.3. The maximum Gasteiger partial charge on any atom is 0.295 e. The van der Waals surface area contributed by atoms with Gasteiger partial charge in [0.25, 0.3) is 11.7 Å². The first-order valence-corrected chi connectivity index (χ1v) is 9.93. The zero-order valence-corrected chi connectivity index (χ0v) is 17.1. The first kappa shape index (κ1) is 22.5. The predicted octanol–water partition coefficient (Wildman–Crippen LogP) is 2.66. The first-order chi connectivity index (χ1) is 15.0. The number of ketones is 1. The third kappa shape index (κ3) is 4.92. The molecule has 1 aliphatic rings. The number of halogens is 1. The van der Waals surface area contributed by atoms with Crippen molar-refractivity contribution in [3.8, 4) is 5.75 Å². The van der Waals surface area contributed by atoms with Gasteiger partial charge in [-0.15, -0.1) is 0 Å². The molecule has 0 aliphatic carbocycles. The highest BCUT2D eigenvalue weighted by Gasteiger charge is 2.45. The Bertz CT molecular complexity index is 955. The summed E-state index contributed by atoms with van der Waals surface area (Å²) in [5.74, 6) is -1.83. The number of rotatable bonds is 9. The smallest absolute Gasteiger partial charge is 0.295 e. The zero-order valence-electron chi connectivity index (χ0n) is 17.1. The molecule has 0 bridgehead atoms. The lowest BCUT2D eigenvalue weighted by atomic mass is 9.95. The Kier molecular flexibility index (Phi) is 7.38. The van der Waals surface area contributed by atoms with E-state index in [0.29, 0.717) is 17.9 Å². The second-order valence-electron chi connectivity index (χ2n) is 6.84. The van der Waals surface area contributed by atoms with Crippen LogP contribution in [0.25, 0.3) is 5.76 Å². The molecule has 1 aliphatic heterocycles. The van der Waals surface area contributed by atoms with E-state index in [4.69, 9.17) is 14.6 Å². The molecule has 1 saturated heterocycles. The molecule has 7 nitrogen and oxygen atoms in total. The van der Waals surface area contributed by atoms with Crippen LogP contribution in [-0.2, 0) is 14.3 Å². The molecule has 1 atom stereocenters. The van der Waals surface area contributed by atoms with Crippen molar-refractivity contribution < 1.29 is 33.7 Å². The number of nitrogens with zero attached hydrogens (tertiary/aromatic N) is 1. The number of aliphatic hydroxyl groups excluding tert-OH is 2. The van der Waals surface area contributed by atoms with E-state index in [2.05, 4.69) is 0 Å². The minimum Gasteiger partial charge on any atom is -0.507 e. The third-order valence-electron chi connectivity index (χ3n) is 4.88. The van der Waals surface area contributed by atoms with Crippen molar-refractivity contribution in [3.63, 3.8) is 0 Å². The molecule has 8 heteroatoms. The molecule has 2 aromatic carbocycles. The van der Waals surface area contributed by atoms with E-state index in [1.54, 1.807) is 24.3 Å². The van der Waals surface area contributed by atoms with E-state index in [0.717, 1.165) is 0 Å². The Morgan fingerprint density at radius 1 is 1.06 bits per heavy atom. The fourth-order valence-electron chi connectivity index (χ4n) is 3.46. The third-order valence-corrected chi connectivity index (χ3v) is 4.88. The average molecular weight is 429 g/mol. The van der Waals surface area contributed by atoms with Gasteiger partial charge in [0.1, 0.15) is 17.3 Å². The number of amides is 1. The van der Waals surface area contributed by atoms with Crippen LogP contribution in [0.15, 0.2) is 54.1 Å². The van der Waals surface area contributed by atoms with Crippen LogP contribution < -0.4 is 4.74 Å². The lowest BCUT2D eigenvalue weighted by Crippen LogP contribution is -2.33. The normalized spacial score (nSPS) is 17.9. The molecule has 0 saturated carbocycles. The maximum atomic E-state index is 13.3. The molecule has 1 amide bonds. The summed E-state index contributed by atoms with van der Waals surface area (Å²) in [7, 11) is 0. The topological polar surface area (TPSA) is 96.3 Å². The summed E-state index contributed by atoms with van der Waals surface area (Å²) in [5, 5.41) is 19.7. The molecule has 1 unspecified atom stereocenters. The van der Waals surface area contributed by atoms with E-state index in [-0.39, 0.29) is 43.3 Å². The molecule has 1 heterocycles. The number of Topliss-reactive ketones (excluding diaryl/α,β-unsaturated/α-hetero) is 1. The van der Waals surface area contributed by atoms with Gasteiger partial charge in [0, 0.05) is 12.1 Å². The highest BCUT2D eigenvalue weighted by Crippen LogP contribution is 2.39. The Morgan fingerprint density at radius 3 is 2.35 bits per heavy atom. The molecule has 2 N–H and O–H groups in total. The number of hydrogen-bond donors (Lipinski definition) is 2. The lowest BCUT2D eigenvalue weighted by Gasteiger charge is -2.25. The van der Waals surface area contributed by atoms with Gasteiger partial charge in [-0.05, 0) is 48.9 Å². The van der Waals surface area contributed by atoms with Crippen molar-refractivity contribution in [2.45, 2.75) is 13.0 Å². The van der Waals surface area contributed by atoms with Crippen LogP contribution in [0.2, 0.25) is 0 Å². The van der Waals surface area contributed by atoms with Crippen LogP contribution >= 0.6 is 0 Å². The quantitative estimate of drug-likeness (QED) is 0.275. The number of ether oxygens (including phenoxy) is 2. The van der Waals surface area contributed by atoms with Crippen molar-refractivity contribution in [1.82, 2.24) is 4.90 Å². The second-order valence-corrected chi connectivity index (χ2v) is 6.84. The number of benzene rings is 2. The van der Waals surface area contributed by atoms with Gasteiger partial charge in [-0.1, -0.05) is 12.1 Å². The minimum absolute atomic E-state index is 0.0806. The van der Waals surface area contributed by atoms with E-state index in [1.807, 2.05) is 6.92 Å². The minimum atomic E-state index is -0.849. The Hall–Kier alpha value is -3.23. The van der Waals surface area contributed by atoms with E-state index in [1.165, 1.54) is 29.2 Å². The van der Waals surface area contributed by atoms with Crippen LogP contribution in [0.5, 0.6) is 5.75 Å². The Balaban J connectivity index is 2.03.